The molecule has 0 aliphatic heterocycles. The van der Waals surface area contributed by atoms with Crippen LogP contribution in [0.25, 0.3) is 0 Å². The molecule has 0 aromatic heterocycles. The van der Waals surface area contributed by atoms with Gasteiger partial charge >= 0.3 is 113 Å². The Balaban J connectivity index is 0. The van der Waals surface area contributed by atoms with Crippen molar-refractivity contribution in [3.05, 3.63) is 0 Å². The molecule has 0 fully saturated rings. The minimum Gasteiger partial charge on any atom is -0.264 e. The van der Waals surface area contributed by atoms with E-state index in [9.17, 15) is 8.42 Å². The largest absolute Gasteiger partial charge is 0.397 e. The van der Waals surface area contributed by atoms with Gasteiger partial charge in [-0.2, -0.15) is 8.42 Å². The van der Waals surface area contributed by atoms with E-state index in [-0.39, 0.29) is 6.61 Å². The fourth-order valence-electron chi connectivity index (χ4n) is 3.84. The summed E-state index contributed by atoms with van der Waals surface area (Å²) in [7, 11) is -4.23. The summed E-state index contributed by atoms with van der Waals surface area (Å²) in [4.78, 5) is 0. The predicted molar refractivity (Wildman–Crippen MR) is 141 cm³/mol. The van der Waals surface area contributed by atoms with Crippen LogP contribution in [0, 0.1) is 0 Å². The molecule has 1 N–H and O–H groups in total. The van der Waals surface area contributed by atoms with Gasteiger partial charge in [0, 0.05) is 0 Å². The van der Waals surface area contributed by atoms with Gasteiger partial charge in [-0.15, -0.1) is 0 Å². The van der Waals surface area contributed by atoms with E-state index in [0.29, 0.717) is 6.42 Å². The van der Waals surface area contributed by atoms with E-state index in [0.717, 1.165) is 12.8 Å². The summed E-state index contributed by atoms with van der Waals surface area (Å²) in [5.41, 5.74) is 0. The van der Waals surface area contributed by atoms with Crippen molar-refractivity contribution in [2.45, 2.75) is 159 Å². The first kappa shape index (κ1) is 35.0. The number of hydrogen-bond donors (Lipinski definition) is 1. The third kappa shape index (κ3) is 38.1. The van der Waals surface area contributed by atoms with Crippen LogP contribution in [0.4, 0.5) is 0 Å². The van der Waals surface area contributed by atoms with E-state index in [1.807, 2.05) is 0 Å². The molecule has 190 valence electrons. The molecule has 0 aliphatic rings. The molecule has 6 heteroatoms. The van der Waals surface area contributed by atoms with Gasteiger partial charge in [-0.05, 0) is 6.42 Å². The van der Waals surface area contributed by atoms with Gasteiger partial charge in [0.1, 0.15) is 0 Å². The molecule has 0 rings (SSSR count). The summed E-state index contributed by atoms with van der Waals surface area (Å²) in [6.45, 7) is 4.60. The van der Waals surface area contributed by atoms with Crippen molar-refractivity contribution >= 4 is 38.3 Å². The van der Waals surface area contributed by atoms with Gasteiger partial charge in [0.2, 0.25) is 0 Å². The maximum absolute atomic E-state index is 10.2. The molecular weight excluding hydrogens is 431 g/mol. The third-order valence-corrected chi connectivity index (χ3v) is 7.11. The first-order valence-electron chi connectivity index (χ1n) is 14.1. The third-order valence-electron chi connectivity index (χ3n) is 5.94. The van der Waals surface area contributed by atoms with Crippen molar-refractivity contribution < 1.29 is 17.2 Å². The monoisotopic (exact) mass is 486 g/mol. The first-order valence-corrected chi connectivity index (χ1v) is 16.9. The van der Waals surface area contributed by atoms with Gasteiger partial charge in [0.25, 0.3) is 0 Å². The Labute approximate surface area is 219 Å². The van der Waals surface area contributed by atoms with Crippen molar-refractivity contribution in [2.75, 3.05) is 6.61 Å². The van der Waals surface area contributed by atoms with E-state index >= 15 is 0 Å². The Morgan fingerprint density at radius 1 is 0.531 bits per heavy atom. The van der Waals surface area contributed by atoms with E-state index in [1.165, 1.54) is 154 Å². The topological polar surface area (TPSA) is 63.6 Å². The van der Waals surface area contributed by atoms with Crippen LogP contribution in [0.2, 0.25) is 3.67 Å². The molecule has 0 aromatic rings. The summed E-state index contributed by atoms with van der Waals surface area (Å²) >= 11 is 1.41. The van der Waals surface area contributed by atoms with Crippen LogP contribution in [-0.4, -0.2) is 47.5 Å². The summed E-state index contributed by atoms with van der Waals surface area (Å²) < 4.78 is 34.5. The molecular formula is C26H55NaO4S. The van der Waals surface area contributed by atoms with Crippen LogP contribution < -0.4 is 0 Å². The zero-order valence-electron chi connectivity index (χ0n) is 22.1. The van der Waals surface area contributed by atoms with E-state index in [1.54, 1.807) is 0 Å². The Bertz CT molecular complexity index is 418. The molecule has 0 bridgehead atoms. The van der Waals surface area contributed by atoms with Crippen LogP contribution in [0.15, 0.2) is 0 Å². The fourth-order valence-corrected chi connectivity index (χ4v) is 4.67. The maximum Gasteiger partial charge on any atom is 0.397 e. The number of rotatable bonds is 24. The van der Waals surface area contributed by atoms with Crippen molar-refractivity contribution in [2.24, 2.45) is 0 Å². The molecule has 0 amide bonds. The standard InChI is InChI=1S/C14H29.C12H26O4S.Na/c1-3-5-7-9-11-13-14-12-10-8-6-4-2;1-2-3-4-5-6-7-8-9-10-11-12-16-17(13,14)15;/h1,3-14H2,2H3;2-12H2,1H3,(H,13,14,15);. The van der Waals surface area contributed by atoms with Gasteiger partial charge in [-0.1, -0.05) is 78.1 Å². The second-order valence-corrected chi connectivity index (χ2v) is 11.4. The van der Waals surface area contributed by atoms with Gasteiger partial charge in [0.15, 0.2) is 0 Å². The second-order valence-electron chi connectivity index (χ2n) is 9.32. The summed E-state index contributed by atoms with van der Waals surface area (Å²) in [5, 5.41) is 0. The molecule has 0 heterocycles. The molecule has 0 aromatic carbocycles. The van der Waals surface area contributed by atoms with Crippen LogP contribution >= 0.6 is 0 Å². The van der Waals surface area contributed by atoms with Crippen LogP contribution in [-0.2, 0) is 14.6 Å². The van der Waals surface area contributed by atoms with Crippen LogP contribution in [0.1, 0.15) is 155 Å². The molecule has 0 aliphatic carbocycles. The Hall–Kier alpha value is 0.870. The van der Waals surface area contributed by atoms with E-state index < -0.39 is 10.4 Å². The van der Waals surface area contributed by atoms with Gasteiger partial charge < -0.3 is 0 Å². The van der Waals surface area contributed by atoms with Crippen molar-refractivity contribution in [1.82, 2.24) is 0 Å². The number of hydrogen-bond acceptors (Lipinski definition) is 3. The zero-order valence-corrected chi connectivity index (χ0v) is 24.9. The smallest absolute Gasteiger partial charge is 0.264 e. The van der Waals surface area contributed by atoms with E-state index in [4.69, 9.17) is 4.55 Å². The van der Waals surface area contributed by atoms with Crippen LogP contribution in [0.5, 0.6) is 0 Å². The summed E-state index contributed by atoms with van der Waals surface area (Å²) in [5.74, 6) is 0. The normalized spacial score (nSPS) is 11.4. The van der Waals surface area contributed by atoms with Crippen molar-refractivity contribution in [1.29, 1.82) is 0 Å². The summed E-state index contributed by atoms with van der Waals surface area (Å²) in [6.07, 6.45) is 29.6. The first-order chi connectivity index (χ1) is 15.5. The maximum atomic E-state index is 10.2. The molecule has 0 saturated carbocycles. The predicted octanol–water partition coefficient (Wildman–Crippen LogP) is 9.00. The molecule has 0 radical (unpaired) electrons. The molecule has 4 nitrogen and oxygen atoms in total. The zero-order chi connectivity index (χ0) is 24.2. The van der Waals surface area contributed by atoms with Crippen LogP contribution in [0.3, 0.4) is 0 Å². The summed E-state index contributed by atoms with van der Waals surface area (Å²) in [6, 6.07) is 0. The van der Waals surface area contributed by atoms with Gasteiger partial charge in [-0.25, -0.2) is 4.18 Å². The Kier molecular flexibility index (Phi) is 32.7. The molecule has 0 spiro atoms. The molecule has 0 saturated heterocycles. The molecule has 32 heavy (non-hydrogen) atoms. The molecule has 0 unspecified atom stereocenters. The van der Waals surface area contributed by atoms with Crippen molar-refractivity contribution in [3.8, 4) is 0 Å². The molecule has 0 atom stereocenters. The fraction of sp³-hybridized carbons (Fsp3) is 1.00. The van der Waals surface area contributed by atoms with Gasteiger partial charge in [-0.3, -0.25) is 4.55 Å². The average molecular weight is 487 g/mol. The SMILES string of the molecule is CCCCCCCCCCCCC[CH2][Na].CCCCCCCCCCCCOS(=O)(=O)O. The average Bonchev–Trinajstić information content (AvgIpc) is 2.75. The Morgan fingerprint density at radius 3 is 1.09 bits per heavy atom. The second kappa shape index (κ2) is 29.9. The minimum atomic E-state index is -4.23. The Morgan fingerprint density at radius 2 is 0.812 bits per heavy atom. The number of unbranched alkanes of at least 4 members (excludes halogenated alkanes) is 20. The van der Waals surface area contributed by atoms with Crippen molar-refractivity contribution in [3.63, 3.8) is 0 Å². The van der Waals surface area contributed by atoms with Gasteiger partial charge in [0.05, 0.1) is 6.61 Å². The van der Waals surface area contributed by atoms with E-state index in [2.05, 4.69) is 18.0 Å². The minimum absolute atomic E-state index is 0.0926. The quantitative estimate of drug-likeness (QED) is 0.0839.